The first-order chi connectivity index (χ1) is 16.5. The van der Waals surface area contributed by atoms with Gasteiger partial charge in [-0.1, -0.05) is 61.9 Å². The Morgan fingerprint density at radius 2 is 2.03 bits per heavy atom. The Morgan fingerprint density at radius 1 is 1.21 bits per heavy atom. The molecule has 1 aliphatic carbocycles. The average Bonchev–Trinajstić information content (AvgIpc) is 3.35. The van der Waals surface area contributed by atoms with Crippen LogP contribution < -0.4 is 9.47 Å². The molecule has 0 spiro atoms. The number of unbranched alkanes of at least 4 members (excludes halogenated alkanes) is 1. The van der Waals surface area contributed by atoms with Gasteiger partial charge in [-0.05, 0) is 44.4 Å². The fourth-order valence-corrected chi connectivity index (χ4v) is 5.83. The second-order valence-corrected chi connectivity index (χ2v) is 10.1. The van der Waals surface area contributed by atoms with Crippen LogP contribution in [0.3, 0.4) is 0 Å². The van der Waals surface area contributed by atoms with Gasteiger partial charge in [-0.15, -0.1) is 0 Å². The van der Waals surface area contributed by atoms with Crippen LogP contribution >= 0.6 is 18.9 Å². The van der Waals surface area contributed by atoms with Crippen molar-refractivity contribution in [1.82, 2.24) is 0 Å². The molecule has 2 aromatic rings. The second-order valence-electron chi connectivity index (χ2n) is 9.55. The largest absolute Gasteiger partial charge is 0.489 e. The predicted octanol–water partition coefficient (Wildman–Crippen LogP) is 6.66. The summed E-state index contributed by atoms with van der Waals surface area (Å²) >= 11 is 0. The lowest BCUT2D eigenvalue weighted by Gasteiger charge is -2.32. The van der Waals surface area contributed by atoms with E-state index in [2.05, 4.69) is 46.7 Å². The zero-order valence-electron chi connectivity index (χ0n) is 20.7. The highest BCUT2D eigenvalue weighted by atomic mass is 31.0. The molecule has 2 aliphatic rings. The number of para-hydroxylation sites is 2. The summed E-state index contributed by atoms with van der Waals surface area (Å²) in [6, 6.07) is 16.4. The molecule has 7 atom stereocenters. The molecule has 1 aliphatic heterocycles. The summed E-state index contributed by atoms with van der Waals surface area (Å²) in [5.41, 5.74) is 2.00. The third-order valence-corrected chi connectivity index (χ3v) is 7.48. The normalized spacial score (nSPS) is 25.8. The first kappa shape index (κ1) is 23.3. The van der Waals surface area contributed by atoms with Gasteiger partial charge in [0.1, 0.15) is 29.3 Å². The Labute approximate surface area is 204 Å². The summed E-state index contributed by atoms with van der Waals surface area (Å²) in [6.45, 7) is 6.28. The monoisotopic (exact) mass is 488 g/mol. The molecule has 2 aromatic carbocycles. The van der Waals surface area contributed by atoms with E-state index in [4.69, 9.17) is 19.8 Å². The lowest BCUT2D eigenvalue weighted by atomic mass is 9.86. The molecule has 0 N–H and O–H groups in total. The molecule has 0 bridgehead atoms. The van der Waals surface area contributed by atoms with E-state index in [1.165, 1.54) is 17.5 Å². The van der Waals surface area contributed by atoms with E-state index in [9.17, 15) is 0 Å². The van der Waals surface area contributed by atoms with Crippen molar-refractivity contribution in [2.45, 2.75) is 76.3 Å². The summed E-state index contributed by atoms with van der Waals surface area (Å²) in [4.78, 5) is 0. The number of benzene rings is 2. The number of hydrogen-bond donors (Lipinski definition) is 0. The minimum atomic E-state index is -0.581. The van der Waals surface area contributed by atoms with Crippen LogP contribution in [0, 0.1) is 5.92 Å². The lowest BCUT2D eigenvalue weighted by Crippen LogP contribution is -2.41. The SMILES string of the molecule is [3H]PO[C@@H]1C[C@@H]2Oc3c(CCCC)cccc3[C@@H]2[C@H]1/C=C/[C@H](OP)C(C)(C)Oc1ccccc1. The third kappa shape index (κ3) is 5.30. The van der Waals surface area contributed by atoms with Crippen molar-refractivity contribution in [2.24, 2.45) is 5.92 Å². The topological polar surface area (TPSA) is 36.9 Å². The van der Waals surface area contributed by atoms with E-state index in [1.807, 2.05) is 44.2 Å². The smallest absolute Gasteiger partial charge is 0.133 e. The molecular weight excluding hydrogens is 450 g/mol. The fourth-order valence-electron chi connectivity index (χ4n) is 5.16. The molecular formula is C27H36O4P2. The molecule has 2 unspecified atom stereocenters. The van der Waals surface area contributed by atoms with E-state index in [1.54, 1.807) is 0 Å². The van der Waals surface area contributed by atoms with Gasteiger partial charge >= 0.3 is 0 Å². The lowest BCUT2D eigenvalue weighted by molar-refractivity contribution is 0.0203. The molecule has 0 amide bonds. The Hall–Kier alpha value is -1.44. The van der Waals surface area contributed by atoms with Crippen LogP contribution in [0.15, 0.2) is 60.7 Å². The van der Waals surface area contributed by atoms with Gasteiger partial charge in [-0.3, -0.25) is 0 Å². The Kier molecular flexibility index (Phi) is 7.68. The highest BCUT2D eigenvalue weighted by Gasteiger charge is 2.50. The van der Waals surface area contributed by atoms with E-state index < -0.39 is 5.60 Å². The molecule has 4 rings (SSSR count). The van der Waals surface area contributed by atoms with Gasteiger partial charge in [0.15, 0.2) is 0 Å². The first-order valence-corrected chi connectivity index (χ1v) is 12.7. The van der Waals surface area contributed by atoms with Crippen LogP contribution in [0.1, 0.15) is 57.1 Å². The number of fused-ring (bicyclic) bond motifs is 3. The van der Waals surface area contributed by atoms with E-state index >= 15 is 0 Å². The Bertz CT molecular complexity index is 968. The van der Waals surface area contributed by atoms with Crippen molar-refractivity contribution < 1.29 is 18.5 Å². The highest BCUT2D eigenvalue weighted by Crippen LogP contribution is 2.53. The van der Waals surface area contributed by atoms with E-state index in [0.29, 0.717) is 0 Å². The molecule has 0 aromatic heterocycles. The summed E-state index contributed by atoms with van der Waals surface area (Å²) in [7, 11) is 2.09. The van der Waals surface area contributed by atoms with Crippen LogP contribution in [0.25, 0.3) is 0 Å². The molecule has 33 heavy (non-hydrogen) atoms. The van der Waals surface area contributed by atoms with Crippen LogP contribution in [0.2, 0.25) is 0 Å². The van der Waals surface area contributed by atoms with Gasteiger partial charge < -0.3 is 18.5 Å². The summed E-state index contributed by atoms with van der Waals surface area (Å²) < 4.78 is 32.1. The number of rotatable bonds is 11. The summed E-state index contributed by atoms with van der Waals surface area (Å²) in [6.07, 6.45) is 8.21. The Morgan fingerprint density at radius 3 is 2.76 bits per heavy atom. The average molecular weight is 489 g/mol. The third-order valence-electron chi connectivity index (χ3n) is 6.88. The van der Waals surface area contributed by atoms with Crippen molar-refractivity contribution in [1.29, 1.82) is 1.28 Å². The van der Waals surface area contributed by atoms with Gasteiger partial charge in [0.2, 0.25) is 0 Å². The Balaban J connectivity index is 1.58. The number of aryl methyl sites for hydroxylation is 1. The molecule has 6 heteroatoms. The zero-order chi connectivity index (χ0) is 24.1. The minimum absolute atomic E-state index is 0.0437. The molecule has 4 nitrogen and oxygen atoms in total. The van der Waals surface area contributed by atoms with E-state index in [0.717, 1.165) is 30.8 Å². The summed E-state index contributed by atoms with van der Waals surface area (Å²) in [5.74, 6) is 2.21. The molecule has 1 saturated carbocycles. The highest BCUT2D eigenvalue weighted by molar-refractivity contribution is 7.10. The molecule has 1 fully saturated rings. The van der Waals surface area contributed by atoms with Crippen LogP contribution in [-0.4, -0.2) is 25.2 Å². The summed E-state index contributed by atoms with van der Waals surface area (Å²) in [5, 5.41) is 0. The van der Waals surface area contributed by atoms with Crippen molar-refractivity contribution in [3.05, 3.63) is 71.8 Å². The van der Waals surface area contributed by atoms with Gasteiger partial charge in [-0.25, -0.2) is 0 Å². The van der Waals surface area contributed by atoms with Crippen molar-refractivity contribution >= 4 is 18.9 Å². The van der Waals surface area contributed by atoms with Crippen molar-refractivity contribution in [3.8, 4) is 11.5 Å². The first-order valence-electron chi connectivity index (χ1n) is 12.4. The molecule has 178 valence electrons. The minimum Gasteiger partial charge on any atom is -0.489 e. The van der Waals surface area contributed by atoms with Gasteiger partial charge in [0.25, 0.3) is 0 Å². The number of ether oxygens (including phenoxy) is 2. The maximum Gasteiger partial charge on any atom is 0.133 e. The quantitative estimate of drug-likeness (QED) is 0.262. The van der Waals surface area contributed by atoms with Crippen molar-refractivity contribution in [3.63, 3.8) is 0 Å². The predicted molar refractivity (Wildman–Crippen MR) is 140 cm³/mol. The van der Waals surface area contributed by atoms with Crippen LogP contribution in [0.4, 0.5) is 0 Å². The molecule has 1 heterocycles. The zero-order valence-corrected chi connectivity index (χ0v) is 21.9. The van der Waals surface area contributed by atoms with Gasteiger partial charge in [0, 0.05) is 42.7 Å². The second kappa shape index (κ2) is 10.9. The van der Waals surface area contributed by atoms with Gasteiger partial charge in [0.05, 0.1) is 7.38 Å². The van der Waals surface area contributed by atoms with Gasteiger partial charge in [-0.2, -0.15) is 0 Å². The maximum absolute atomic E-state index is 7.69. The van der Waals surface area contributed by atoms with Crippen molar-refractivity contribution in [2.75, 3.05) is 0 Å². The molecule has 0 saturated heterocycles. The van der Waals surface area contributed by atoms with Crippen LogP contribution in [-0.2, 0) is 15.5 Å². The molecule has 0 radical (unpaired) electrons. The number of hydrogen-bond acceptors (Lipinski definition) is 4. The van der Waals surface area contributed by atoms with Crippen LogP contribution in [0.5, 0.6) is 11.5 Å². The van der Waals surface area contributed by atoms with E-state index in [-0.39, 0.29) is 39.6 Å². The fraction of sp³-hybridized carbons (Fsp3) is 0.481. The standard InChI is InChI=1S/C27H36O4P2/c1-4-5-10-18-11-9-14-21-25-20(22(30-32)17-23(25)28-26(18)21)15-16-24(31-33)27(2,3)29-19-12-7-6-8-13-19/h6-9,11-16,20,22-25H,4-5,10,17,32-33H2,1-3H3/b16-15+/t20-,22+,23-,24-,25-/m0/s1/i32T/t20-,22+,23-,24-,25-,32?. The maximum atomic E-state index is 7.69.